The fourth-order valence-electron chi connectivity index (χ4n) is 2.49. The van der Waals surface area contributed by atoms with Crippen LogP contribution in [0.2, 0.25) is 0 Å². The molecule has 4 nitrogen and oxygen atoms in total. The largest absolute Gasteiger partial charge is 0.357 e. The zero-order valence-corrected chi connectivity index (χ0v) is 13.4. The first kappa shape index (κ1) is 14.4. The van der Waals surface area contributed by atoms with Gasteiger partial charge in [-0.05, 0) is 29.8 Å². The maximum atomic E-state index is 5.40. The maximum absolute atomic E-state index is 5.40. The van der Waals surface area contributed by atoms with Crippen LogP contribution in [-0.2, 0) is 19.6 Å². The molecule has 0 saturated heterocycles. The molecule has 0 aliphatic carbocycles. The molecular weight excluding hydrogens is 300 g/mol. The van der Waals surface area contributed by atoms with Gasteiger partial charge in [0.25, 0.3) is 0 Å². The van der Waals surface area contributed by atoms with Crippen molar-refractivity contribution in [1.82, 2.24) is 14.7 Å². The maximum Gasteiger partial charge on any atom is 0.204 e. The summed E-state index contributed by atoms with van der Waals surface area (Å²) in [5.41, 5.74) is 2.87. The second-order valence-corrected chi connectivity index (χ2v) is 6.68. The highest BCUT2D eigenvalue weighted by molar-refractivity contribution is 7.73. The summed E-state index contributed by atoms with van der Waals surface area (Å²) in [4.78, 5) is 2.38. The molecule has 1 aliphatic heterocycles. The molecule has 21 heavy (non-hydrogen) atoms. The number of aromatic nitrogens is 2. The van der Waals surface area contributed by atoms with Crippen molar-refractivity contribution in [2.75, 3.05) is 18.4 Å². The third-order valence-corrected chi connectivity index (χ3v) is 4.81. The summed E-state index contributed by atoms with van der Waals surface area (Å²) < 4.78 is 2.71. The Morgan fingerprint density at radius 1 is 1.38 bits per heavy atom. The highest BCUT2D eigenvalue weighted by atomic mass is 32.1. The fourth-order valence-corrected chi connectivity index (χ4v) is 3.49. The molecule has 3 rings (SSSR count). The van der Waals surface area contributed by atoms with E-state index < -0.39 is 0 Å². The molecule has 0 saturated carbocycles. The zero-order valence-electron chi connectivity index (χ0n) is 11.8. The van der Waals surface area contributed by atoms with E-state index in [0.29, 0.717) is 6.54 Å². The first-order valence-corrected chi connectivity index (χ1v) is 8.20. The molecule has 0 radical (unpaired) electrons. The van der Waals surface area contributed by atoms with Gasteiger partial charge < -0.3 is 5.32 Å². The van der Waals surface area contributed by atoms with E-state index in [1.54, 1.807) is 0 Å². The molecule has 1 aromatic heterocycles. The number of benzene rings is 1. The molecule has 0 fully saturated rings. The minimum Gasteiger partial charge on any atom is -0.357 e. The number of rotatable bonds is 5. The summed E-state index contributed by atoms with van der Waals surface area (Å²) in [6, 6.07) is 8.65. The van der Waals surface area contributed by atoms with Gasteiger partial charge in [-0.15, -0.1) is 11.7 Å². The lowest BCUT2D eigenvalue weighted by molar-refractivity contribution is 0.189. The standard InChI is InChI=1S/C15H18N4S2/c1-2-8-16-14-17-19(15(20)21-14)11-18-9-7-12-5-3-4-6-13(12)10-18/h2-6H,1,7-11H2,(H,16,17). The van der Waals surface area contributed by atoms with Crippen LogP contribution in [0.5, 0.6) is 0 Å². The van der Waals surface area contributed by atoms with E-state index in [9.17, 15) is 0 Å². The smallest absolute Gasteiger partial charge is 0.204 e. The Balaban J connectivity index is 1.69. The Morgan fingerprint density at radius 2 is 2.19 bits per heavy atom. The minimum atomic E-state index is 0.708. The van der Waals surface area contributed by atoms with E-state index in [0.717, 1.165) is 35.3 Å². The van der Waals surface area contributed by atoms with Crippen LogP contribution >= 0.6 is 23.6 Å². The zero-order chi connectivity index (χ0) is 14.7. The van der Waals surface area contributed by atoms with Gasteiger partial charge >= 0.3 is 0 Å². The van der Waals surface area contributed by atoms with Crippen molar-refractivity contribution in [3.05, 3.63) is 52.0 Å². The minimum absolute atomic E-state index is 0.708. The van der Waals surface area contributed by atoms with E-state index in [-0.39, 0.29) is 0 Å². The van der Waals surface area contributed by atoms with E-state index in [1.165, 1.54) is 22.5 Å². The molecular formula is C15H18N4S2. The summed E-state index contributed by atoms with van der Waals surface area (Å²) >= 11 is 6.91. The lowest BCUT2D eigenvalue weighted by Gasteiger charge is -2.28. The van der Waals surface area contributed by atoms with Gasteiger partial charge in [-0.1, -0.05) is 41.7 Å². The molecule has 2 aromatic rings. The van der Waals surface area contributed by atoms with Gasteiger partial charge in [0.1, 0.15) is 0 Å². The van der Waals surface area contributed by atoms with Gasteiger partial charge in [0.15, 0.2) is 3.95 Å². The van der Waals surface area contributed by atoms with Crippen molar-refractivity contribution >= 4 is 28.7 Å². The summed E-state index contributed by atoms with van der Waals surface area (Å²) in [6.07, 6.45) is 2.91. The third-order valence-electron chi connectivity index (χ3n) is 3.55. The number of nitrogens with one attached hydrogen (secondary N) is 1. The Kier molecular flexibility index (Phi) is 4.48. The van der Waals surface area contributed by atoms with Crippen LogP contribution in [0.15, 0.2) is 36.9 Å². The van der Waals surface area contributed by atoms with Crippen LogP contribution in [0.25, 0.3) is 0 Å². The summed E-state index contributed by atoms with van der Waals surface area (Å²) in [7, 11) is 0. The van der Waals surface area contributed by atoms with Crippen LogP contribution in [-0.4, -0.2) is 27.8 Å². The second-order valence-electron chi connectivity index (χ2n) is 5.05. The van der Waals surface area contributed by atoms with Crippen molar-refractivity contribution in [3.8, 4) is 0 Å². The van der Waals surface area contributed by atoms with Crippen molar-refractivity contribution < 1.29 is 0 Å². The molecule has 1 N–H and O–H groups in total. The molecule has 0 spiro atoms. The van der Waals surface area contributed by atoms with Gasteiger partial charge in [0.2, 0.25) is 5.13 Å². The Morgan fingerprint density at radius 3 is 3.00 bits per heavy atom. The van der Waals surface area contributed by atoms with Crippen LogP contribution in [0, 0.1) is 3.95 Å². The Hall–Kier alpha value is -1.50. The van der Waals surface area contributed by atoms with Gasteiger partial charge in [-0.2, -0.15) is 0 Å². The van der Waals surface area contributed by atoms with Crippen molar-refractivity contribution in [1.29, 1.82) is 0 Å². The van der Waals surface area contributed by atoms with Gasteiger partial charge in [0, 0.05) is 19.6 Å². The van der Waals surface area contributed by atoms with E-state index in [4.69, 9.17) is 12.2 Å². The third kappa shape index (κ3) is 3.40. The van der Waals surface area contributed by atoms with Crippen LogP contribution in [0.3, 0.4) is 0 Å². The predicted octanol–water partition coefficient (Wildman–Crippen LogP) is 3.29. The quantitative estimate of drug-likeness (QED) is 0.677. The number of hydrogen-bond donors (Lipinski definition) is 1. The lowest BCUT2D eigenvalue weighted by atomic mass is 10.0. The number of fused-ring (bicyclic) bond motifs is 1. The first-order chi connectivity index (χ1) is 10.3. The van der Waals surface area contributed by atoms with Crippen molar-refractivity contribution in [2.24, 2.45) is 0 Å². The monoisotopic (exact) mass is 318 g/mol. The molecule has 1 aromatic carbocycles. The van der Waals surface area contributed by atoms with Gasteiger partial charge in [0.05, 0.1) is 6.67 Å². The van der Waals surface area contributed by atoms with Gasteiger partial charge in [-0.25, -0.2) is 4.68 Å². The van der Waals surface area contributed by atoms with Crippen LogP contribution < -0.4 is 5.32 Å². The highest BCUT2D eigenvalue weighted by Crippen LogP contribution is 2.20. The first-order valence-electron chi connectivity index (χ1n) is 6.98. The Bertz CT molecular complexity index is 689. The van der Waals surface area contributed by atoms with Crippen LogP contribution in [0.1, 0.15) is 11.1 Å². The summed E-state index contributed by atoms with van der Waals surface area (Å²) in [5.74, 6) is 0. The molecule has 0 atom stereocenters. The predicted molar refractivity (Wildman–Crippen MR) is 90.2 cm³/mol. The normalized spacial score (nSPS) is 14.7. The topological polar surface area (TPSA) is 33.1 Å². The number of nitrogens with zero attached hydrogens (tertiary/aromatic N) is 3. The molecule has 0 bridgehead atoms. The van der Waals surface area contributed by atoms with Crippen molar-refractivity contribution in [3.63, 3.8) is 0 Å². The molecule has 0 amide bonds. The lowest BCUT2D eigenvalue weighted by Crippen LogP contribution is -2.32. The highest BCUT2D eigenvalue weighted by Gasteiger charge is 2.16. The second kappa shape index (κ2) is 6.51. The average Bonchev–Trinajstić information content (AvgIpc) is 2.85. The molecule has 110 valence electrons. The number of anilines is 1. The SMILES string of the molecule is C=CCNc1nn(CN2CCc3ccccc3C2)c(=S)s1. The van der Waals surface area contributed by atoms with E-state index >= 15 is 0 Å². The van der Waals surface area contributed by atoms with Gasteiger partial charge in [-0.3, -0.25) is 4.90 Å². The number of hydrogen-bond acceptors (Lipinski definition) is 5. The summed E-state index contributed by atoms with van der Waals surface area (Å²) in [6.45, 7) is 7.16. The van der Waals surface area contributed by atoms with E-state index in [2.05, 4.69) is 46.2 Å². The van der Waals surface area contributed by atoms with E-state index in [1.807, 2.05) is 10.8 Å². The van der Waals surface area contributed by atoms with Crippen molar-refractivity contribution in [2.45, 2.75) is 19.6 Å². The molecule has 6 heteroatoms. The molecule has 2 heterocycles. The molecule has 1 aliphatic rings. The Labute approximate surface area is 133 Å². The summed E-state index contributed by atoms with van der Waals surface area (Å²) in [5, 5.41) is 8.58. The fraction of sp³-hybridized carbons (Fsp3) is 0.333. The molecule has 0 unspecified atom stereocenters. The van der Waals surface area contributed by atoms with Crippen LogP contribution in [0.4, 0.5) is 5.13 Å². The average molecular weight is 318 g/mol.